The average Bonchev–Trinajstić information content (AvgIpc) is 2.88. The van der Waals surface area contributed by atoms with Crippen molar-refractivity contribution in [1.29, 1.82) is 0 Å². The highest BCUT2D eigenvalue weighted by atomic mass is 16.6. The summed E-state index contributed by atoms with van der Waals surface area (Å²) in [5, 5.41) is 0. The van der Waals surface area contributed by atoms with Crippen LogP contribution >= 0.6 is 0 Å². The molecule has 0 aromatic carbocycles. The Hall–Kier alpha value is -0.0400. The fourth-order valence-corrected chi connectivity index (χ4v) is 4.10. The summed E-state index contributed by atoms with van der Waals surface area (Å²) in [5.41, 5.74) is 0. The minimum atomic E-state index is 0.658. The minimum Gasteiger partial charge on any atom is -0.373 e. The van der Waals surface area contributed by atoms with Gasteiger partial charge in [-0.2, -0.15) is 0 Å². The second-order valence-corrected chi connectivity index (χ2v) is 6.38. The van der Waals surface area contributed by atoms with Crippen molar-refractivity contribution in [2.75, 3.05) is 6.61 Å². The molecule has 3 rings (SSSR count). The molecule has 4 atom stereocenters. The van der Waals surface area contributed by atoms with Crippen LogP contribution in [0.25, 0.3) is 0 Å². The fraction of sp³-hybridized carbons (Fsp3) is 1.00. The summed E-state index contributed by atoms with van der Waals surface area (Å²) in [4.78, 5) is 0. The van der Waals surface area contributed by atoms with Gasteiger partial charge in [0.2, 0.25) is 0 Å². The molecular weight excluding hydrogens is 196 g/mol. The molecule has 16 heavy (non-hydrogen) atoms. The van der Waals surface area contributed by atoms with Crippen LogP contribution in [0.15, 0.2) is 0 Å². The Kier molecular flexibility index (Phi) is 3.51. The van der Waals surface area contributed by atoms with Crippen molar-refractivity contribution in [3.05, 3.63) is 0 Å². The summed E-state index contributed by atoms with van der Waals surface area (Å²) in [5.74, 6) is 3.41. The van der Waals surface area contributed by atoms with E-state index < -0.39 is 0 Å². The molecule has 1 saturated heterocycles. The lowest BCUT2D eigenvalue weighted by molar-refractivity contribution is 0.304. The first kappa shape index (κ1) is 11.1. The summed E-state index contributed by atoms with van der Waals surface area (Å²) in [6.07, 6.45) is 15.6. The van der Waals surface area contributed by atoms with Crippen LogP contribution in [0, 0.1) is 17.8 Å². The zero-order valence-corrected chi connectivity index (χ0v) is 10.5. The van der Waals surface area contributed by atoms with Crippen LogP contribution in [0.4, 0.5) is 0 Å². The third-order valence-electron chi connectivity index (χ3n) is 5.14. The van der Waals surface area contributed by atoms with Crippen LogP contribution in [0.1, 0.15) is 64.2 Å². The Labute approximate surface area is 99.9 Å². The Morgan fingerprint density at radius 3 is 2.31 bits per heavy atom. The summed E-state index contributed by atoms with van der Waals surface area (Å²) in [7, 11) is 0. The molecule has 1 aliphatic heterocycles. The van der Waals surface area contributed by atoms with Gasteiger partial charge in [0, 0.05) is 0 Å². The number of unbranched alkanes of at least 4 members (excludes halogenated alkanes) is 3. The number of epoxide rings is 1. The van der Waals surface area contributed by atoms with E-state index in [2.05, 4.69) is 0 Å². The second-order valence-electron chi connectivity index (χ2n) is 6.38. The first-order chi connectivity index (χ1) is 7.92. The second kappa shape index (κ2) is 5.08. The van der Waals surface area contributed by atoms with Gasteiger partial charge in [-0.25, -0.2) is 0 Å². The molecule has 1 heterocycles. The van der Waals surface area contributed by atoms with E-state index in [0.29, 0.717) is 6.10 Å². The van der Waals surface area contributed by atoms with E-state index in [1.54, 1.807) is 32.1 Å². The first-order valence-electron chi connectivity index (χ1n) is 7.53. The van der Waals surface area contributed by atoms with Gasteiger partial charge in [-0.3, -0.25) is 0 Å². The van der Waals surface area contributed by atoms with Crippen LogP contribution in [-0.2, 0) is 4.74 Å². The first-order valence-corrected chi connectivity index (χ1v) is 7.53. The third kappa shape index (κ3) is 2.80. The maximum atomic E-state index is 5.23. The van der Waals surface area contributed by atoms with Gasteiger partial charge in [0.15, 0.2) is 0 Å². The van der Waals surface area contributed by atoms with Gasteiger partial charge in [0.05, 0.1) is 12.7 Å². The number of hydrogen-bond donors (Lipinski definition) is 0. The highest BCUT2D eigenvalue weighted by molar-refractivity contribution is 4.89. The molecular formula is C15H26O. The van der Waals surface area contributed by atoms with Gasteiger partial charge in [-0.05, 0) is 43.4 Å². The molecule has 0 amide bonds. The monoisotopic (exact) mass is 222 g/mol. The molecule has 2 saturated carbocycles. The van der Waals surface area contributed by atoms with Gasteiger partial charge in [0.25, 0.3) is 0 Å². The SMILES string of the molecule is C(CCCC1CC2CCC1C2)CCC1CO1. The van der Waals surface area contributed by atoms with E-state index in [9.17, 15) is 0 Å². The zero-order chi connectivity index (χ0) is 10.8. The number of ether oxygens (including phenoxy) is 1. The molecule has 1 heteroatoms. The minimum absolute atomic E-state index is 0.658. The van der Waals surface area contributed by atoms with Crippen LogP contribution in [0.3, 0.4) is 0 Å². The van der Waals surface area contributed by atoms with Crippen molar-refractivity contribution in [3.63, 3.8) is 0 Å². The summed E-state index contributed by atoms with van der Waals surface area (Å²) < 4.78 is 5.23. The van der Waals surface area contributed by atoms with E-state index in [-0.39, 0.29) is 0 Å². The largest absolute Gasteiger partial charge is 0.373 e. The van der Waals surface area contributed by atoms with Crippen molar-refractivity contribution in [2.24, 2.45) is 17.8 Å². The molecule has 2 aliphatic carbocycles. The molecule has 0 spiro atoms. The van der Waals surface area contributed by atoms with E-state index in [4.69, 9.17) is 4.74 Å². The standard InChI is InChI=1S/C15H26O/c1(2-4-6-15-11-16-15)3-5-13-9-12-7-8-14(13)10-12/h12-15H,1-11H2. The van der Waals surface area contributed by atoms with Crippen molar-refractivity contribution in [3.8, 4) is 0 Å². The lowest BCUT2D eigenvalue weighted by atomic mass is 9.85. The Bertz CT molecular complexity index is 221. The maximum Gasteiger partial charge on any atom is 0.0810 e. The highest BCUT2D eigenvalue weighted by Gasteiger charge is 2.38. The number of fused-ring (bicyclic) bond motifs is 2. The molecule has 92 valence electrons. The predicted molar refractivity (Wildman–Crippen MR) is 66.4 cm³/mol. The van der Waals surface area contributed by atoms with Crippen LogP contribution in [0.2, 0.25) is 0 Å². The Morgan fingerprint density at radius 2 is 1.69 bits per heavy atom. The van der Waals surface area contributed by atoms with Gasteiger partial charge in [-0.15, -0.1) is 0 Å². The average molecular weight is 222 g/mol. The topological polar surface area (TPSA) is 12.5 Å². The lowest BCUT2D eigenvalue weighted by Crippen LogP contribution is -2.09. The quantitative estimate of drug-likeness (QED) is 0.465. The molecule has 3 aliphatic rings. The van der Waals surface area contributed by atoms with E-state index in [1.807, 2.05) is 0 Å². The maximum absolute atomic E-state index is 5.23. The molecule has 0 radical (unpaired) electrons. The Balaban J connectivity index is 1.21. The highest BCUT2D eigenvalue weighted by Crippen LogP contribution is 2.49. The van der Waals surface area contributed by atoms with Gasteiger partial charge < -0.3 is 4.74 Å². The van der Waals surface area contributed by atoms with Crippen molar-refractivity contribution in [2.45, 2.75) is 70.3 Å². The summed E-state index contributed by atoms with van der Waals surface area (Å²) in [6, 6.07) is 0. The van der Waals surface area contributed by atoms with Crippen molar-refractivity contribution >= 4 is 0 Å². The molecule has 4 unspecified atom stereocenters. The molecule has 0 N–H and O–H groups in total. The van der Waals surface area contributed by atoms with E-state index in [0.717, 1.165) is 24.4 Å². The van der Waals surface area contributed by atoms with Crippen LogP contribution < -0.4 is 0 Å². The smallest absolute Gasteiger partial charge is 0.0810 e. The predicted octanol–water partition coefficient (Wildman–Crippen LogP) is 4.16. The lowest BCUT2D eigenvalue weighted by Gasteiger charge is -2.21. The molecule has 0 aromatic rings. The fourth-order valence-electron chi connectivity index (χ4n) is 4.10. The molecule has 1 nitrogen and oxygen atoms in total. The molecule has 0 aromatic heterocycles. The molecule has 3 fully saturated rings. The zero-order valence-electron chi connectivity index (χ0n) is 10.5. The molecule has 2 bridgehead atoms. The third-order valence-corrected chi connectivity index (χ3v) is 5.14. The van der Waals surface area contributed by atoms with Crippen molar-refractivity contribution in [1.82, 2.24) is 0 Å². The van der Waals surface area contributed by atoms with Gasteiger partial charge in [0.1, 0.15) is 0 Å². The normalized spacial score (nSPS) is 40.5. The van der Waals surface area contributed by atoms with E-state index in [1.165, 1.54) is 32.1 Å². The van der Waals surface area contributed by atoms with E-state index >= 15 is 0 Å². The van der Waals surface area contributed by atoms with Gasteiger partial charge >= 0.3 is 0 Å². The van der Waals surface area contributed by atoms with Crippen LogP contribution in [0.5, 0.6) is 0 Å². The number of rotatable bonds is 7. The summed E-state index contributed by atoms with van der Waals surface area (Å²) >= 11 is 0. The van der Waals surface area contributed by atoms with Crippen molar-refractivity contribution < 1.29 is 4.74 Å². The van der Waals surface area contributed by atoms with Gasteiger partial charge in [-0.1, -0.05) is 38.5 Å². The summed E-state index contributed by atoms with van der Waals surface area (Å²) in [6.45, 7) is 1.05. The number of hydrogen-bond acceptors (Lipinski definition) is 1. The Morgan fingerprint density at radius 1 is 0.875 bits per heavy atom. The van der Waals surface area contributed by atoms with Crippen LogP contribution in [-0.4, -0.2) is 12.7 Å².